The molecular formula is C20H15ClF2N2O2. The summed E-state index contributed by atoms with van der Waals surface area (Å²) in [4.78, 5) is 16.0. The van der Waals surface area contributed by atoms with Crippen LogP contribution in [0.25, 0.3) is 0 Å². The van der Waals surface area contributed by atoms with Crippen LogP contribution < -0.4 is 5.32 Å². The Kier molecular flexibility index (Phi) is 4.48. The van der Waals surface area contributed by atoms with E-state index in [0.29, 0.717) is 10.6 Å². The van der Waals surface area contributed by atoms with Crippen LogP contribution in [0.1, 0.15) is 41.7 Å². The fourth-order valence-corrected chi connectivity index (χ4v) is 3.36. The lowest BCUT2D eigenvalue weighted by atomic mass is 9.82. The molecule has 1 aliphatic carbocycles. The molecule has 2 heterocycles. The second kappa shape index (κ2) is 6.82. The zero-order valence-corrected chi connectivity index (χ0v) is 14.8. The monoisotopic (exact) mass is 388 g/mol. The minimum atomic E-state index is -2.59. The van der Waals surface area contributed by atoms with Crippen molar-refractivity contribution in [2.45, 2.75) is 30.9 Å². The van der Waals surface area contributed by atoms with Gasteiger partial charge in [0.1, 0.15) is 6.04 Å². The molecule has 7 heteroatoms. The highest BCUT2D eigenvalue weighted by molar-refractivity contribution is 6.30. The lowest BCUT2D eigenvalue weighted by Gasteiger charge is -2.31. The van der Waals surface area contributed by atoms with Crippen molar-refractivity contribution < 1.29 is 18.3 Å². The van der Waals surface area contributed by atoms with Gasteiger partial charge in [0.05, 0.1) is 0 Å². The Hall–Kier alpha value is -2.65. The van der Waals surface area contributed by atoms with Gasteiger partial charge in [0.2, 0.25) is 0 Å². The summed E-state index contributed by atoms with van der Waals surface area (Å²) in [5.41, 5.74) is 2.14. The standard InChI is InChI=1S/C20H15ClF2N2O2/c21-16-5-3-14(4-6-16)18-17(25-19(26)27-18)15-7-12(10-24-11-15)1-2-13-8-20(22,23)9-13/h3-7,10-11,13,17-18H,8-9H2,(H,25,26)/t17-,18-/m1/s1. The van der Waals surface area contributed by atoms with Gasteiger partial charge >= 0.3 is 6.09 Å². The quantitative estimate of drug-likeness (QED) is 0.761. The van der Waals surface area contributed by atoms with E-state index in [9.17, 15) is 13.6 Å². The Morgan fingerprint density at radius 3 is 2.63 bits per heavy atom. The molecule has 4 rings (SSSR count). The summed E-state index contributed by atoms with van der Waals surface area (Å²) < 4.78 is 31.2. The number of carbonyl (C=O) groups excluding carboxylic acids is 1. The summed E-state index contributed by atoms with van der Waals surface area (Å²) in [5.74, 6) is 2.89. The highest BCUT2D eigenvalue weighted by Gasteiger charge is 2.44. The van der Waals surface area contributed by atoms with Crippen LogP contribution in [0.3, 0.4) is 0 Å². The lowest BCUT2D eigenvalue weighted by Crippen LogP contribution is -2.34. The van der Waals surface area contributed by atoms with Crippen molar-refractivity contribution in [3.63, 3.8) is 0 Å². The van der Waals surface area contributed by atoms with Gasteiger partial charge in [-0.2, -0.15) is 0 Å². The number of hydrogen-bond acceptors (Lipinski definition) is 3. The first-order chi connectivity index (χ1) is 12.9. The minimum absolute atomic E-state index is 0.196. The Labute approximate surface area is 159 Å². The van der Waals surface area contributed by atoms with Crippen molar-refractivity contribution in [3.8, 4) is 11.8 Å². The zero-order valence-electron chi connectivity index (χ0n) is 14.1. The first kappa shape index (κ1) is 17.7. The number of nitrogens with zero attached hydrogens (tertiary/aromatic N) is 1. The van der Waals surface area contributed by atoms with E-state index in [1.807, 2.05) is 0 Å². The number of aromatic nitrogens is 1. The van der Waals surface area contributed by atoms with Crippen LogP contribution in [0.5, 0.6) is 0 Å². The van der Waals surface area contributed by atoms with E-state index in [1.165, 1.54) is 0 Å². The molecule has 2 aliphatic rings. The predicted octanol–water partition coefficient (Wildman–Crippen LogP) is 4.65. The van der Waals surface area contributed by atoms with Crippen LogP contribution in [0.2, 0.25) is 5.02 Å². The predicted molar refractivity (Wildman–Crippen MR) is 95.3 cm³/mol. The van der Waals surface area contributed by atoms with Crippen molar-refractivity contribution in [2.24, 2.45) is 5.92 Å². The molecule has 0 unspecified atom stereocenters. The summed E-state index contributed by atoms with van der Waals surface area (Å²) in [6.07, 6.45) is 1.77. The summed E-state index contributed by atoms with van der Waals surface area (Å²) in [6, 6.07) is 8.42. The SMILES string of the molecule is O=C1N[C@H](c2cncc(C#CC3CC(F)(F)C3)c2)[C@@H](c2ccc(Cl)cc2)O1. The third kappa shape index (κ3) is 3.88. The molecule has 1 aliphatic heterocycles. The van der Waals surface area contributed by atoms with Crippen molar-refractivity contribution in [2.75, 3.05) is 0 Å². The fraction of sp³-hybridized carbons (Fsp3) is 0.300. The number of cyclic esters (lactones) is 1. The molecule has 0 bridgehead atoms. The number of alkyl halides is 2. The zero-order chi connectivity index (χ0) is 19.0. The first-order valence-electron chi connectivity index (χ1n) is 8.47. The number of amides is 1. The Morgan fingerprint density at radius 2 is 1.93 bits per heavy atom. The number of pyridine rings is 1. The van der Waals surface area contributed by atoms with Crippen molar-refractivity contribution in [3.05, 3.63) is 64.4 Å². The number of hydrogen-bond donors (Lipinski definition) is 1. The van der Waals surface area contributed by atoms with Gasteiger partial charge in [-0.3, -0.25) is 4.98 Å². The van der Waals surface area contributed by atoms with Gasteiger partial charge in [-0.1, -0.05) is 35.6 Å². The molecule has 0 spiro atoms. The maximum absolute atomic E-state index is 12.9. The van der Waals surface area contributed by atoms with Crippen LogP contribution in [0.4, 0.5) is 13.6 Å². The molecule has 1 saturated heterocycles. The number of halogens is 3. The lowest BCUT2D eigenvalue weighted by molar-refractivity contribution is -0.0936. The van der Waals surface area contributed by atoms with E-state index in [-0.39, 0.29) is 18.8 Å². The third-order valence-electron chi connectivity index (χ3n) is 4.64. The Morgan fingerprint density at radius 1 is 1.19 bits per heavy atom. The number of rotatable bonds is 2. The Bertz CT molecular complexity index is 929. The van der Waals surface area contributed by atoms with Crippen molar-refractivity contribution in [1.82, 2.24) is 10.3 Å². The molecule has 1 saturated carbocycles. The van der Waals surface area contributed by atoms with Crippen LogP contribution in [0, 0.1) is 17.8 Å². The van der Waals surface area contributed by atoms with Gasteiger partial charge in [0.15, 0.2) is 6.10 Å². The highest BCUT2D eigenvalue weighted by atomic mass is 35.5. The van der Waals surface area contributed by atoms with E-state index in [4.69, 9.17) is 16.3 Å². The summed E-state index contributed by atoms with van der Waals surface area (Å²) in [5, 5.41) is 3.37. The van der Waals surface area contributed by atoms with E-state index in [2.05, 4.69) is 22.1 Å². The van der Waals surface area contributed by atoms with E-state index in [0.717, 1.165) is 11.1 Å². The number of alkyl carbamates (subject to hydrolysis) is 1. The minimum Gasteiger partial charge on any atom is -0.439 e. The number of ether oxygens (including phenoxy) is 1. The molecular weight excluding hydrogens is 374 g/mol. The van der Waals surface area contributed by atoms with Gasteiger partial charge in [0, 0.05) is 41.7 Å². The molecule has 1 aromatic heterocycles. The van der Waals surface area contributed by atoms with Crippen LogP contribution in [-0.4, -0.2) is 17.0 Å². The van der Waals surface area contributed by atoms with Crippen LogP contribution >= 0.6 is 11.6 Å². The third-order valence-corrected chi connectivity index (χ3v) is 4.89. The molecule has 27 heavy (non-hydrogen) atoms. The molecule has 1 aromatic carbocycles. The van der Waals surface area contributed by atoms with Gasteiger partial charge in [-0.05, 0) is 29.3 Å². The Balaban J connectivity index is 1.56. The van der Waals surface area contributed by atoms with E-state index >= 15 is 0 Å². The fourth-order valence-electron chi connectivity index (χ4n) is 3.24. The second-order valence-electron chi connectivity index (χ2n) is 6.74. The highest BCUT2D eigenvalue weighted by Crippen LogP contribution is 2.42. The molecule has 2 atom stereocenters. The van der Waals surface area contributed by atoms with Crippen molar-refractivity contribution in [1.29, 1.82) is 0 Å². The number of nitrogens with one attached hydrogen (secondary N) is 1. The van der Waals surface area contributed by atoms with E-state index < -0.39 is 24.2 Å². The van der Waals surface area contributed by atoms with Gasteiger partial charge in [0.25, 0.3) is 5.92 Å². The maximum Gasteiger partial charge on any atom is 0.408 e. The summed E-state index contributed by atoms with van der Waals surface area (Å²) in [7, 11) is 0. The average Bonchev–Trinajstić information content (AvgIpc) is 3.01. The van der Waals surface area contributed by atoms with Gasteiger partial charge in [-0.25, -0.2) is 13.6 Å². The van der Waals surface area contributed by atoms with Crippen LogP contribution in [0.15, 0.2) is 42.7 Å². The molecule has 2 fully saturated rings. The molecule has 4 nitrogen and oxygen atoms in total. The van der Waals surface area contributed by atoms with Crippen molar-refractivity contribution >= 4 is 17.7 Å². The smallest absolute Gasteiger partial charge is 0.408 e. The molecule has 1 N–H and O–H groups in total. The molecule has 138 valence electrons. The second-order valence-corrected chi connectivity index (χ2v) is 7.17. The first-order valence-corrected chi connectivity index (χ1v) is 8.84. The average molecular weight is 389 g/mol. The number of benzene rings is 1. The summed E-state index contributed by atoms with van der Waals surface area (Å²) >= 11 is 5.92. The number of carbonyl (C=O) groups is 1. The molecule has 1 amide bonds. The van der Waals surface area contributed by atoms with E-state index in [1.54, 1.807) is 42.7 Å². The van der Waals surface area contributed by atoms with Gasteiger partial charge in [-0.15, -0.1) is 0 Å². The molecule has 2 aromatic rings. The topological polar surface area (TPSA) is 51.2 Å². The maximum atomic E-state index is 12.9. The summed E-state index contributed by atoms with van der Waals surface area (Å²) in [6.45, 7) is 0. The van der Waals surface area contributed by atoms with Crippen LogP contribution in [-0.2, 0) is 4.74 Å². The molecule has 0 radical (unpaired) electrons. The normalized spacial score (nSPS) is 23.6. The largest absolute Gasteiger partial charge is 0.439 e. The van der Waals surface area contributed by atoms with Gasteiger partial charge < -0.3 is 10.1 Å².